The van der Waals surface area contributed by atoms with Gasteiger partial charge < -0.3 is 15.2 Å². The molecule has 1 amide bonds. The summed E-state index contributed by atoms with van der Waals surface area (Å²) in [6.07, 6.45) is 1.30. The van der Waals surface area contributed by atoms with Crippen molar-refractivity contribution in [3.63, 3.8) is 0 Å². The van der Waals surface area contributed by atoms with Crippen LogP contribution in [0.3, 0.4) is 0 Å². The second-order valence-electron chi connectivity index (χ2n) is 5.39. The molecule has 1 unspecified atom stereocenters. The van der Waals surface area contributed by atoms with E-state index in [0.29, 0.717) is 12.2 Å². The molecule has 0 spiro atoms. The number of hydrogen-bond acceptors (Lipinski definition) is 3. The quantitative estimate of drug-likeness (QED) is 0.785. The van der Waals surface area contributed by atoms with Crippen LogP contribution < -0.4 is 10.1 Å². The van der Waals surface area contributed by atoms with E-state index < -0.39 is 11.9 Å². The Bertz CT molecular complexity index is 678. The van der Waals surface area contributed by atoms with Gasteiger partial charge in [0.15, 0.2) is 6.61 Å². The van der Waals surface area contributed by atoms with Gasteiger partial charge in [-0.15, -0.1) is 0 Å². The van der Waals surface area contributed by atoms with Crippen LogP contribution in [0, 0.1) is 5.92 Å². The van der Waals surface area contributed by atoms with Crippen molar-refractivity contribution in [2.24, 2.45) is 5.92 Å². The molecular formula is C18H21NO4. The first-order valence-corrected chi connectivity index (χ1v) is 7.72. The third-order valence-corrected chi connectivity index (χ3v) is 3.64. The van der Waals surface area contributed by atoms with E-state index in [1.54, 1.807) is 0 Å². The maximum absolute atomic E-state index is 11.9. The van der Waals surface area contributed by atoms with E-state index in [1.165, 1.54) is 0 Å². The molecule has 2 aromatic rings. The van der Waals surface area contributed by atoms with E-state index in [9.17, 15) is 9.59 Å². The Morgan fingerprint density at radius 1 is 1.17 bits per heavy atom. The maximum atomic E-state index is 11.9. The summed E-state index contributed by atoms with van der Waals surface area (Å²) in [4.78, 5) is 22.9. The van der Waals surface area contributed by atoms with Crippen molar-refractivity contribution in [3.8, 4) is 5.75 Å². The average Bonchev–Trinajstić information content (AvgIpc) is 2.56. The van der Waals surface area contributed by atoms with Gasteiger partial charge in [0.05, 0.1) is 5.92 Å². The van der Waals surface area contributed by atoms with Crippen LogP contribution in [0.5, 0.6) is 5.75 Å². The molecule has 0 aliphatic rings. The molecule has 122 valence electrons. The minimum atomic E-state index is -0.887. The van der Waals surface area contributed by atoms with E-state index in [0.717, 1.165) is 17.2 Å². The first-order valence-electron chi connectivity index (χ1n) is 7.72. The molecule has 0 fully saturated rings. The molecule has 0 saturated heterocycles. The van der Waals surface area contributed by atoms with Crippen LogP contribution >= 0.6 is 0 Å². The molecule has 23 heavy (non-hydrogen) atoms. The number of aliphatic carboxylic acids is 1. The van der Waals surface area contributed by atoms with Gasteiger partial charge >= 0.3 is 5.97 Å². The number of carbonyl (C=O) groups is 2. The zero-order chi connectivity index (χ0) is 16.7. The minimum absolute atomic E-state index is 0.126. The molecule has 0 bridgehead atoms. The van der Waals surface area contributed by atoms with Crippen LogP contribution in [0.1, 0.15) is 19.8 Å². The summed E-state index contributed by atoms with van der Waals surface area (Å²) in [5.41, 5.74) is 0. The van der Waals surface area contributed by atoms with Crippen LogP contribution in [-0.4, -0.2) is 30.1 Å². The van der Waals surface area contributed by atoms with E-state index in [-0.39, 0.29) is 19.1 Å². The molecule has 1 atom stereocenters. The predicted molar refractivity (Wildman–Crippen MR) is 88.5 cm³/mol. The first-order chi connectivity index (χ1) is 11.1. The normalized spacial score (nSPS) is 11.9. The van der Waals surface area contributed by atoms with Crippen LogP contribution in [0.15, 0.2) is 42.5 Å². The van der Waals surface area contributed by atoms with Crippen molar-refractivity contribution in [2.45, 2.75) is 19.8 Å². The van der Waals surface area contributed by atoms with Gasteiger partial charge in [0.1, 0.15) is 5.75 Å². The molecule has 5 nitrogen and oxygen atoms in total. The van der Waals surface area contributed by atoms with Crippen LogP contribution in [0.25, 0.3) is 10.8 Å². The number of amides is 1. The van der Waals surface area contributed by atoms with Gasteiger partial charge in [-0.25, -0.2) is 0 Å². The zero-order valence-electron chi connectivity index (χ0n) is 13.1. The van der Waals surface area contributed by atoms with Gasteiger partial charge in [-0.3, -0.25) is 9.59 Å². The summed E-state index contributed by atoms with van der Waals surface area (Å²) < 4.78 is 5.57. The molecule has 0 aromatic heterocycles. The highest BCUT2D eigenvalue weighted by Gasteiger charge is 2.17. The smallest absolute Gasteiger partial charge is 0.308 e. The number of nitrogens with one attached hydrogen (secondary N) is 1. The summed E-state index contributed by atoms with van der Waals surface area (Å²) in [6.45, 7) is 1.91. The number of carboxylic acid groups (broad SMARTS) is 1. The zero-order valence-corrected chi connectivity index (χ0v) is 13.1. The van der Waals surface area contributed by atoms with Gasteiger partial charge in [0.25, 0.3) is 5.91 Å². The predicted octanol–water partition coefficient (Wildman–Crippen LogP) is 2.84. The van der Waals surface area contributed by atoms with Gasteiger partial charge in [-0.2, -0.15) is 0 Å². The molecule has 0 saturated carbocycles. The number of rotatable bonds is 8. The summed E-state index contributed by atoms with van der Waals surface area (Å²) >= 11 is 0. The van der Waals surface area contributed by atoms with Crippen molar-refractivity contribution in [3.05, 3.63) is 42.5 Å². The van der Waals surface area contributed by atoms with Gasteiger partial charge in [-0.05, 0) is 17.9 Å². The van der Waals surface area contributed by atoms with Crippen LogP contribution in [-0.2, 0) is 9.59 Å². The fraction of sp³-hybridized carbons (Fsp3) is 0.333. The van der Waals surface area contributed by atoms with Crippen molar-refractivity contribution >= 4 is 22.6 Å². The highest BCUT2D eigenvalue weighted by Crippen LogP contribution is 2.24. The molecule has 2 rings (SSSR count). The molecule has 0 aliphatic heterocycles. The van der Waals surface area contributed by atoms with Crippen molar-refractivity contribution in [2.75, 3.05) is 13.2 Å². The lowest BCUT2D eigenvalue weighted by molar-refractivity contribution is -0.142. The Morgan fingerprint density at radius 3 is 2.65 bits per heavy atom. The van der Waals surface area contributed by atoms with Crippen LogP contribution in [0.4, 0.5) is 0 Å². The summed E-state index contributed by atoms with van der Waals surface area (Å²) in [5.74, 6) is -1.12. The average molecular weight is 315 g/mol. The molecule has 5 heteroatoms. The number of carbonyl (C=O) groups excluding carboxylic acids is 1. The molecule has 2 N–H and O–H groups in total. The lowest BCUT2D eigenvalue weighted by Crippen LogP contribution is -2.35. The second-order valence-corrected chi connectivity index (χ2v) is 5.39. The minimum Gasteiger partial charge on any atom is -0.483 e. The van der Waals surface area contributed by atoms with Crippen LogP contribution in [0.2, 0.25) is 0 Å². The number of ether oxygens (including phenoxy) is 1. The lowest BCUT2D eigenvalue weighted by atomic mass is 10.0. The molecule has 0 radical (unpaired) electrons. The number of carboxylic acids is 1. The Kier molecular flexibility index (Phi) is 5.97. The van der Waals surface area contributed by atoms with Gasteiger partial charge in [-0.1, -0.05) is 49.7 Å². The summed E-state index contributed by atoms with van der Waals surface area (Å²) in [5, 5.41) is 13.7. The Morgan fingerprint density at radius 2 is 1.91 bits per heavy atom. The van der Waals surface area contributed by atoms with Crippen molar-refractivity contribution < 1.29 is 19.4 Å². The second kappa shape index (κ2) is 8.17. The fourth-order valence-corrected chi connectivity index (χ4v) is 2.41. The maximum Gasteiger partial charge on any atom is 0.308 e. The van der Waals surface area contributed by atoms with E-state index >= 15 is 0 Å². The monoisotopic (exact) mass is 315 g/mol. The highest BCUT2D eigenvalue weighted by atomic mass is 16.5. The third kappa shape index (κ3) is 4.71. The topological polar surface area (TPSA) is 75.6 Å². The van der Waals surface area contributed by atoms with Gasteiger partial charge in [0.2, 0.25) is 0 Å². The first kappa shape index (κ1) is 16.8. The van der Waals surface area contributed by atoms with Crippen molar-refractivity contribution in [1.82, 2.24) is 5.32 Å². The van der Waals surface area contributed by atoms with E-state index in [2.05, 4.69) is 5.32 Å². The van der Waals surface area contributed by atoms with Crippen molar-refractivity contribution in [1.29, 1.82) is 0 Å². The standard InChI is InChI=1S/C18H21NO4/c1-2-6-14(18(21)22)11-19-17(20)12-23-16-10-5-8-13-7-3-4-9-15(13)16/h3-5,7-10,14H,2,6,11-12H2,1H3,(H,19,20)(H,21,22). The fourth-order valence-electron chi connectivity index (χ4n) is 2.41. The largest absolute Gasteiger partial charge is 0.483 e. The Balaban J connectivity index is 1.90. The third-order valence-electron chi connectivity index (χ3n) is 3.64. The lowest BCUT2D eigenvalue weighted by Gasteiger charge is -2.13. The summed E-state index contributed by atoms with van der Waals surface area (Å²) in [6, 6.07) is 13.4. The molecule has 2 aromatic carbocycles. The van der Waals surface area contributed by atoms with E-state index in [4.69, 9.17) is 9.84 Å². The molecular weight excluding hydrogens is 294 g/mol. The summed E-state index contributed by atoms with van der Waals surface area (Å²) in [7, 11) is 0. The SMILES string of the molecule is CCCC(CNC(=O)COc1cccc2ccccc12)C(=O)O. The highest BCUT2D eigenvalue weighted by molar-refractivity contribution is 5.88. The molecule has 0 aliphatic carbocycles. The Labute approximate surface area is 135 Å². The Hall–Kier alpha value is -2.56. The number of fused-ring (bicyclic) bond motifs is 1. The van der Waals surface area contributed by atoms with Gasteiger partial charge in [0, 0.05) is 11.9 Å². The number of hydrogen-bond donors (Lipinski definition) is 2. The molecule has 0 heterocycles. The van der Waals surface area contributed by atoms with E-state index in [1.807, 2.05) is 49.4 Å². The number of benzene rings is 2.